The maximum atomic E-state index is 13.0. The number of unbranched alkanes of at least 4 members (excludes halogenated alkanes) is 32. The Morgan fingerprint density at radius 2 is 0.857 bits per heavy atom. The van der Waals surface area contributed by atoms with Gasteiger partial charge in [0.15, 0.2) is 6.29 Å². The van der Waals surface area contributed by atoms with Gasteiger partial charge in [-0.3, -0.25) is 4.79 Å². The van der Waals surface area contributed by atoms with Crippen LogP contribution in [0.15, 0.2) is 0 Å². The largest absolute Gasteiger partial charge is 0.391 e. The molecular formula is C48H95NO7. The monoisotopic (exact) mass is 798 g/mol. The minimum Gasteiger partial charge on any atom is -0.391 e. The summed E-state index contributed by atoms with van der Waals surface area (Å²) in [4.78, 5) is 13.0. The zero-order chi connectivity index (χ0) is 40.9. The van der Waals surface area contributed by atoms with Gasteiger partial charge in [-0.2, -0.15) is 0 Å². The van der Waals surface area contributed by atoms with E-state index in [0.717, 1.165) is 38.5 Å². The van der Waals surface area contributed by atoms with E-state index in [9.17, 15) is 25.2 Å². The number of aliphatic hydroxyl groups excluding tert-OH is 4. The van der Waals surface area contributed by atoms with Crippen LogP contribution in [-0.4, -0.2) is 75.8 Å². The van der Waals surface area contributed by atoms with Gasteiger partial charge in [-0.1, -0.05) is 226 Å². The molecule has 56 heavy (non-hydrogen) atoms. The van der Waals surface area contributed by atoms with Crippen LogP contribution in [0.3, 0.4) is 0 Å². The second-order valence-corrected chi connectivity index (χ2v) is 17.6. The van der Waals surface area contributed by atoms with E-state index in [0.29, 0.717) is 12.8 Å². The predicted octanol–water partition coefficient (Wildman–Crippen LogP) is 11.8. The Morgan fingerprint density at radius 1 is 0.518 bits per heavy atom. The maximum absolute atomic E-state index is 13.0. The lowest BCUT2D eigenvalue weighted by molar-refractivity contribution is -0.295. The summed E-state index contributed by atoms with van der Waals surface area (Å²) in [5, 5.41) is 44.8. The van der Waals surface area contributed by atoms with Gasteiger partial charge in [0.25, 0.3) is 0 Å². The molecule has 0 radical (unpaired) electrons. The molecular weight excluding hydrogens is 703 g/mol. The van der Waals surface area contributed by atoms with Gasteiger partial charge in [-0.25, -0.2) is 0 Å². The normalized spacial score (nSPS) is 21.0. The number of carbonyl (C=O) groups is 1. The van der Waals surface area contributed by atoms with Crippen molar-refractivity contribution in [3.63, 3.8) is 0 Å². The summed E-state index contributed by atoms with van der Waals surface area (Å²) in [5.41, 5.74) is 0. The molecule has 0 aromatic carbocycles. The number of carbonyl (C=O) groups excluding carboxylic acids is 1. The molecule has 0 saturated carbocycles. The topological polar surface area (TPSA) is 128 Å². The van der Waals surface area contributed by atoms with Crippen LogP contribution in [0.2, 0.25) is 0 Å². The standard InChI is InChI=1S/C48H95NO7/c1-4-6-8-10-12-14-16-18-19-20-21-22-23-24-25-27-29-31-33-35-37-39-44(51)49-42(40-55-48-47(54)46(53)45(52)41(3)56-48)43(50)38-36-34-32-30-28-26-17-15-13-11-9-7-5-2/h41-43,45-48,50,52-54H,4-40H2,1-3H3,(H,49,51)/t41?,42-,43?,45?,46?,47?,48?/m0/s1. The fraction of sp³-hybridized carbons (Fsp3) is 0.979. The first-order chi connectivity index (χ1) is 27.3. The van der Waals surface area contributed by atoms with Crippen molar-refractivity contribution >= 4 is 5.91 Å². The van der Waals surface area contributed by atoms with Crippen LogP contribution < -0.4 is 5.32 Å². The van der Waals surface area contributed by atoms with Crippen molar-refractivity contribution in [1.29, 1.82) is 0 Å². The number of aliphatic hydroxyl groups is 4. The number of amides is 1. The van der Waals surface area contributed by atoms with Crippen molar-refractivity contribution in [2.45, 2.75) is 295 Å². The van der Waals surface area contributed by atoms with Gasteiger partial charge in [0, 0.05) is 6.42 Å². The summed E-state index contributed by atoms with van der Waals surface area (Å²) >= 11 is 0. The third-order valence-corrected chi connectivity index (χ3v) is 12.2. The summed E-state index contributed by atoms with van der Waals surface area (Å²) < 4.78 is 11.4. The molecule has 8 heteroatoms. The minimum atomic E-state index is -1.42. The Bertz CT molecular complexity index is 846. The summed E-state index contributed by atoms with van der Waals surface area (Å²) in [6.07, 6.45) is 38.4. The van der Waals surface area contributed by atoms with Crippen LogP contribution >= 0.6 is 0 Å². The van der Waals surface area contributed by atoms with E-state index in [1.807, 2.05) is 0 Å². The van der Waals surface area contributed by atoms with Gasteiger partial charge in [0.2, 0.25) is 5.91 Å². The second-order valence-electron chi connectivity index (χ2n) is 17.6. The van der Waals surface area contributed by atoms with E-state index in [4.69, 9.17) is 9.47 Å². The first-order valence-corrected chi connectivity index (χ1v) is 24.6. The minimum absolute atomic E-state index is 0.0536. The smallest absolute Gasteiger partial charge is 0.220 e. The molecule has 1 amide bonds. The number of hydrogen-bond acceptors (Lipinski definition) is 7. The summed E-state index contributed by atoms with van der Waals surface area (Å²) in [6, 6.07) is -0.648. The lowest BCUT2D eigenvalue weighted by Gasteiger charge is -2.39. The highest BCUT2D eigenvalue weighted by Gasteiger charge is 2.42. The third-order valence-electron chi connectivity index (χ3n) is 12.2. The Morgan fingerprint density at radius 3 is 1.23 bits per heavy atom. The highest BCUT2D eigenvalue weighted by Crippen LogP contribution is 2.23. The van der Waals surface area contributed by atoms with Gasteiger partial charge < -0.3 is 35.2 Å². The molecule has 1 aliphatic rings. The third kappa shape index (κ3) is 29.4. The highest BCUT2D eigenvalue weighted by molar-refractivity contribution is 5.76. The van der Waals surface area contributed by atoms with Crippen molar-refractivity contribution < 1.29 is 34.7 Å². The number of ether oxygens (including phenoxy) is 2. The van der Waals surface area contributed by atoms with E-state index in [2.05, 4.69) is 19.2 Å². The number of hydrogen-bond donors (Lipinski definition) is 5. The van der Waals surface area contributed by atoms with Crippen LogP contribution in [0.4, 0.5) is 0 Å². The SMILES string of the molecule is CCCCCCCCCCCCCCCCCCCCCCCC(=O)N[C@@H](COC1OC(C)C(O)C(O)C1O)C(O)CCCCCCCCCCCCCCC. The van der Waals surface area contributed by atoms with Crippen LogP contribution in [0.5, 0.6) is 0 Å². The Balaban J connectivity index is 2.21. The summed E-state index contributed by atoms with van der Waals surface area (Å²) in [6.45, 7) is 6.10. The van der Waals surface area contributed by atoms with E-state index in [1.54, 1.807) is 6.92 Å². The Labute approximate surface area is 346 Å². The predicted molar refractivity (Wildman–Crippen MR) is 234 cm³/mol. The maximum Gasteiger partial charge on any atom is 0.220 e. The van der Waals surface area contributed by atoms with Crippen LogP contribution in [0.1, 0.15) is 252 Å². The van der Waals surface area contributed by atoms with Gasteiger partial charge in [-0.15, -0.1) is 0 Å². The lowest BCUT2D eigenvalue weighted by Crippen LogP contribution is -2.58. The number of nitrogens with one attached hydrogen (secondary N) is 1. The zero-order valence-electron chi connectivity index (χ0n) is 37.2. The molecule has 1 aliphatic heterocycles. The van der Waals surface area contributed by atoms with Crippen molar-refractivity contribution in [2.75, 3.05) is 6.61 Å². The van der Waals surface area contributed by atoms with E-state index < -0.39 is 42.9 Å². The van der Waals surface area contributed by atoms with Crippen LogP contribution in [0.25, 0.3) is 0 Å². The molecule has 8 nitrogen and oxygen atoms in total. The molecule has 0 aromatic heterocycles. The van der Waals surface area contributed by atoms with Gasteiger partial charge in [0.1, 0.15) is 18.3 Å². The van der Waals surface area contributed by atoms with E-state index >= 15 is 0 Å². The molecule has 0 aliphatic carbocycles. The zero-order valence-corrected chi connectivity index (χ0v) is 37.2. The van der Waals surface area contributed by atoms with Crippen molar-refractivity contribution in [1.82, 2.24) is 5.32 Å². The fourth-order valence-electron chi connectivity index (χ4n) is 8.17. The van der Waals surface area contributed by atoms with Crippen molar-refractivity contribution in [3.8, 4) is 0 Å². The average molecular weight is 798 g/mol. The van der Waals surface area contributed by atoms with Gasteiger partial charge in [0.05, 0.1) is 24.9 Å². The van der Waals surface area contributed by atoms with Crippen LogP contribution in [-0.2, 0) is 14.3 Å². The molecule has 0 spiro atoms. The second kappa shape index (κ2) is 38.4. The van der Waals surface area contributed by atoms with Gasteiger partial charge >= 0.3 is 0 Å². The molecule has 0 bridgehead atoms. The molecule has 5 N–H and O–H groups in total. The number of rotatable bonds is 41. The molecule has 0 aromatic rings. The molecule has 1 heterocycles. The summed E-state index contributed by atoms with van der Waals surface area (Å²) in [5.74, 6) is -0.102. The Kier molecular flexibility index (Phi) is 36.5. The van der Waals surface area contributed by atoms with Crippen molar-refractivity contribution in [2.24, 2.45) is 0 Å². The van der Waals surface area contributed by atoms with Crippen molar-refractivity contribution in [3.05, 3.63) is 0 Å². The first kappa shape index (κ1) is 53.2. The highest BCUT2D eigenvalue weighted by atomic mass is 16.7. The quantitative estimate of drug-likeness (QED) is 0.0390. The van der Waals surface area contributed by atoms with Gasteiger partial charge in [-0.05, 0) is 19.8 Å². The molecule has 1 fully saturated rings. The van der Waals surface area contributed by atoms with Crippen LogP contribution in [0, 0.1) is 0 Å². The fourth-order valence-corrected chi connectivity index (χ4v) is 8.17. The molecule has 6 unspecified atom stereocenters. The van der Waals surface area contributed by atoms with E-state index in [-0.39, 0.29) is 12.5 Å². The molecule has 1 rings (SSSR count). The Hall–Kier alpha value is -0.770. The van der Waals surface area contributed by atoms with E-state index in [1.165, 1.54) is 180 Å². The first-order valence-electron chi connectivity index (χ1n) is 24.6. The molecule has 7 atom stereocenters. The molecule has 1 saturated heterocycles. The lowest BCUT2D eigenvalue weighted by atomic mass is 10.00. The summed E-state index contributed by atoms with van der Waals surface area (Å²) in [7, 11) is 0. The average Bonchev–Trinajstić information content (AvgIpc) is 3.19. The molecule has 334 valence electrons.